The molecule has 222 valence electrons. The highest BCUT2D eigenvalue weighted by molar-refractivity contribution is 6.13. The van der Waals surface area contributed by atoms with Crippen molar-refractivity contribution < 1.29 is 45.4 Å². The highest BCUT2D eigenvalue weighted by Crippen LogP contribution is 2.42. The summed E-state index contributed by atoms with van der Waals surface area (Å²) in [5.74, 6) is -0.898. The van der Waals surface area contributed by atoms with Gasteiger partial charge in [0, 0.05) is 24.2 Å². The largest absolute Gasteiger partial charge is 0.444 e. The smallest absolute Gasteiger partial charge is 0.417 e. The average molecular weight is 576 g/mol. The van der Waals surface area contributed by atoms with Gasteiger partial charge in [-0.15, -0.1) is 0 Å². The number of carbonyl (C=O) groups is 2. The molecule has 0 aliphatic rings. The van der Waals surface area contributed by atoms with Gasteiger partial charge < -0.3 is 14.8 Å². The van der Waals surface area contributed by atoms with Gasteiger partial charge in [-0.2, -0.15) is 26.3 Å². The van der Waals surface area contributed by atoms with Gasteiger partial charge >= 0.3 is 24.5 Å². The van der Waals surface area contributed by atoms with Crippen LogP contribution in [-0.4, -0.2) is 44.0 Å². The fourth-order valence-electron chi connectivity index (χ4n) is 3.38. The van der Waals surface area contributed by atoms with E-state index in [-0.39, 0.29) is 16.8 Å². The van der Waals surface area contributed by atoms with E-state index in [0.29, 0.717) is 12.1 Å². The first-order valence-electron chi connectivity index (χ1n) is 12.3. The highest BCUT2D eigenvalue weighted by atomic mass is 19.4. The molecule has 0 spiro atoms. The molecule has 13 heteroatoms. The molecule has 0 fully saturated rings. The zero-order chi connectivity index (χ0) is 31.3. The maximum absolute atomic E-state index is 14.2. The minimum Gasteiger partial charge on any atom is -0.444 e. The second-order valence-corrected chi connectivity index (χ2v) is 11.2. The van der Waals surface area contributed by atoms with E-state index in [1.807, 2.05) is 0 Å². The SMILES string of the molecule is [B][C@@H](C)/C=C(\C/C(=C\CNC(=O)OC(C)(C)C)C(F)(F)F)c1cc(C)c(NC(=O)OC(C)(C)C)cc1C(F)(F)F. The molecule has 1 aromatic rings. The van der Waals surface area contributed by atoms with Crippen molar-refractivity contribution in [3.63, 3.8) is 0 Å². The fourth-order valence-corrected chi connectivity index (χ4v) is 3.38. The van der Waals surface area contributed by atoms with Gasteiger partial charge in [0.1, 0.15) is 11.2 Å². The third-order valence-corrected chi connectivity index (χ3v) is 4.85. The van der Waals surface area contributed by atoms with E-state index < -0.39 is 71.2 Å². The van der Waals surface area contributed by atoms with Crippen molar-refractivity contribution >= 4 is 31.3 Å². The van der Waals surface area contributed by atoms with Crippen molar-refractivity contribution in [3.8, 4) is 0 Å². The van der Waals surface area contributed by atoms with Crippen LogP contribution in [0.15, 0.2) is 29.9 Å². The van der Waals surface area contributed by atoms with Gasteiger partial charge in [-0.1, -0.05) is 24.9 Å². The second-order valence-electron chi connectivity index (χ2n) is 11.2. The molecular formula is C27H35BF6N2O4. The summed E-state index contributed by atoms with van der Waals surface area (Å²) in [5.41, 5.74) is -5.22. The second kappa shape index (κ2) is 13.0. The van der Waals surface area contributed by atoms with Gasteiger partial charge in [-0.05, 0) is 77.3 Å². The number of ether oxygens (including phenoxy) is 2. The Kier molecular flexibility index (Phi) is 11.4. The van der Waals surface area contributed by atoms with Crippen molar-refractivity contribution in [1.29, 1.82) is 0 Å². The van der Waals surface area contributed by atoms with Crippen LogP contribution in [0, 0.1) is 6.92 Å². The molecule has 1 rings (SSSR count). The molecule has 1 atom stereocenters. The quantitative estimate of drug-likeness (QED) is 0.195. The van der Waals surface area contributed by atoms with Gasteiger partial charge in [0.05, 0.1) is 13.4 Å². The molecule has 2 N–H and O–H groups in total. The van der Waals surface area contributed by atoms with Crippen molar-refractivity contribution in [2.75, 3.05) is 11.9 Å². The molecule has 0 saturated carbocycles. The van der Waals surface area contributed by atoms with Crippen molar-refractivity contribution in [1.82, 2.24) is 5.32 Å². The predicted octanol–water partition coefficient (Wildman–Crippen LogP) is 8.12. The van der Waals surface area contributed by atoms with Crippen LogP contribution in [0.1, 0.15) is 71.6 Å². The predicted molar refractivity (Wildman–Crippen MR) is 142 cm³/mol. The number of halogens is 6. The molecular weight excluding hydrogens is 541 g/mol. The minimum atomic E-state index is -5.00. The summed E-state index contributed by atoms with van der Waals surface area (Å²) in [6.07, 6.45) is -11.1. The van der Waals surface area contributed by atoms with Crippen LogP contribution in [-0.2, 0) is 15.7 Å². The normalized spacial score (nSPS) is 14.4. The number of hydrogen-bond acceptors (Lipinski definition) is 4. The van der Waals surface area contributed by atoms with E-state index in [9.17, 15) is 35.9 Å². The molecule has 2 radical (unpaired) electrons. The van der Waals surface area contributed by atoms with Gasteiger partial charge in [0.2, 0.25) is 0 Å². The van der Waals surface area contributed by atoms with Crippen molar-refractivity contribution in [2.45, 2.75) is 91.2 Å². The summed E-state index contributed by atoms with van der Waals surface area (Å²) >= 11 is 0. The Morgan fingerprint density at radius 3 is 1.93 bits per heavy atom. The number of amides is 2. The summed E-state index contributed by atoms with van der Waals surface area (Å²) in [6.45, 7) is 11.6. The lowest BCUT2D eigenvalue weighted by molar-refractivity contribution is -0.137. The molecule has 0 unspecified atom stereocenters. The highest BCUT2D eigenvalue weighted by Gasteiger charge is 2.38. The lowest BCUT2D eigenvalue weighted by Gasteiger charge is -2.23. The monoisotopic (exact) mass is 576 g/mol. The third kappa shape index (κ3) is 12.4. The topological polar surface area (TPSA) is 76.7 Å². The number of rotatable bonds is 7. The first kappa shape index (κ1) is 34.9. The van der Waals surface area contributed by atoms with E-state index in [1.54, 1.807) is 41.5 Å². The number of hydrogen-bond donors (Lipinski definition) is 2. The van der Waals surface area contributed by atoms with Gasteiger partial charge in [0.25, 0.3) is 0 Å². The number of anilines is 1. The maximum atomic E-state index is 14.2. The molecule has 0 aliphatic heterocycles. The number of carbonyl (C=O) groups excluding carboxylic acids is 2. The Morgan fingerprint density at radius 2 is 1.48 bits per heavy atom. The van der Waals surface area contributed by atoms with Crippen LogP contribution in [0.3, 0.4) is 0 Å². The average Bonchev–Trinajstić information content (AvgIpc) is 2.69. The lowest BCUT2D eigenvalue weighted by Crippen LogP contribution is -2.32. The van der Waals surface area contributed by atoms with E-state index in [0.717, 1.165) is 12.1 Å². The molecule has 0 heterocycles. The molecule has 0 bridgehead atoms. The van der Waals surface area contributed by atoms with E-state index in [2.05, 4.69) is 10.6 Å². The number of alkyl carbamates (subject to hydrolysis) is 1. The summed E-state index contributed by atoms with van der Waals surface area (Å²) in [7, 11) is 5.76. The van der Waals surface area contributed by atoms with Crippen LogP contribution in [0.5, 0.6) is 0 Å². The Balaban J connectivity index is 3.55. The standard InChI is InChI=1S/C27H35BF6N2O4/c1-15-11-19(20(27(32,33)34)14-21(15)36-23(38)40-25(6,7)8)17(12-16(2)28)13-18(26(29,30)31)9-10-35-22(37)39-24(3,4)5/h9,11-12,14,16H,10,13H2,1-8H3,(H,35,37)(H,36,38)/b17-12+,18-9+/t16-/m0/s1. The third-order valence-electron chi connectivity index (χ3n) is 4.85. The van der Waals surface area contributed by atoms with Crippen LogP contribution in [0.4, 0.5) is 41.6 Å². The van der Waals surface area contributed by atoms with Crippen LogP contribution < -0.4 is 10.6 Å². The molecule has 0 aliphatic carbocycles. The lowest BCUT2D eigenvalue weighted by atomic mass is 9.83. The van der Waals surface area contributed by atoms with E-state index in [1.165, 1.54) is 13.8 Å². The number of allylic oxidation sites excluding steroid dienone is 3. The molecule has 0 aromatic heterocycles. The van der Waals surface area contributed by atoms with E-state index >= 15 is 0 Å². The summed E-state index contributed by atoms with van der Waals surface area (Å²) < 4.78 is 94.4. The molecule has 6 nitrogen and oxygen atoms in total. The Bertz CT molecular complexity index is 1130. The van der Waals surface area contributed by atoms with E-state index in [4.69, 9.17) is 17.3 Å². The van der Waals surface area contributed by atoms with Gasteiger partial charge in [-0.3, -0.25) is 5.32 Å². The first-order chi connectivity index (χ1) is 17.9. The fraction of sp³-hybridized carbons (Fsp3) is 0.556. The van der Waals surface area contributed by atoms with Gasteiger partial charge in [-0.25, -0.2) is 9.59 Å². The molecule has 1 aromatic carbocycles. The Morgan fingerprint density at radius 1 is 0.950 bits per heavy atom. The van der Waals surface area contributed by atoms with Crippen LogP contribution in [0.2, 0.25) is 5.82 Å². The van der Waals surface area contributed by atoms with Gasteiger partial charge in [0.15, 0.2) is 0 Å². The minimum absolute atomic E-state index is 0.147. The molecule has 0 saturated heterocycles. The van der Waals surface area contributed by atoms with Crippen molar-refractivity contribution in [3.05, 3.63) is 46.5 Å². The number of benzene rings is 1. The number of aryl methyl sites for hydroxylation is 1. The summed E-state index contributed by atoms with van der Waals surface area (Å²) in [4.78, 5) is 24.0. The molecule has 2 amide bonds. The van der Waals surface area contributed by atoms with Crippen LogP contribution in [0.25, 0.3) is 5.57 Å². The van der Waals surface area contributed by atoms with Crippen LogP contribution >= 0.6 is 0 Å². The zero-order valence-electron chi connectivity index (χ0n) is 23.8. The maximum Gasteiger partial charge on any atom is 0.417 e. The number of nitrogens with one attached hydrogen (secondary N) is 2. The van der Waals surface area contributed by atoms with Crippen molar-refractivity contribution in [2.24, 2.45) is 0 Å². The summed E-state index contributed by atoms with van der Waals surface area (Å²) in [6, 6.07) is 1.68. The summed E-state index contributed by atoms with van der Waals surface area (Å²) in [5, 5.41) is 4.43. The molecule has 40 heavy (non-hydrogen) atoms. The Labute approximate surface area is 232 Å². The first-order valence-corrected chi connectivity index (χ1v) is 12.3. The Hall–Kier alpha value is -3.12. The number of alkyl halides is 6. The zero-order valence-corrected chi connectivity index (χ0v) is 23.8.